The Labute approximate surface area is 203 Å². The summed E-state index contributed by atoms with van der Waals surface area (Å²) in [5, 5.41) is 4.17. The van der Waals surface area contributed by atoms with Crippen molar-refractivity contribution in [2.24, 2.45) is 4.99 Å². The normalized spacial score (nSPS) is 16.3. The summed E-state index contributed by atoms with van der Waals surface area (Å²) in [6.07, 6.45) is 3.91. The van der Waals surface area contributed by atoms with Crippen molar-refractivity contribution in [1.29, 1.82) is 0 Å². The highest BCUT2D eigenvalue weighted by molar-refractivity contribution is 9.10. The zero-order chi connectivity index (χ0) is 22.4. The Morgan fingerprint density at radius 1 is 1.16 bits per heavy atom. The molecule has 1 aliphatic carbocycles. The lowest BCUT2D eigenvalue weighted by Gasteiger charge is -2.13. The first-order valence-electron chi connectivity index (χ1n) is 10.3. The molecule has 1 aliphatic heterocycles. The van der Waals surface area contributed by atoms with Gasteiger partial charge in [0.2, 0.25) is 0 Å². The van der Waals surface area contributed by atoms with Crippen molar-refractivity contribution in [3.05, 3.63) is 73.5 Å². The third-order valence-corrected chi connectivity index (χ3v) is 7.71. The maximum atomic E-state index is 13.4. The second kappa shape index (κ2) is 8.46. The Hall–Kier alpha value is -2.48. The summed E-state index contributed by atoms with van der Waals surface area (Å²) in [5.41, 5.74) is 4.24. The highest BCUT2D eigenvalue weighted by Crippen LogP contribution is 2.42. The van der Waals surface area contributed by atoms with Gasteiger partial charge in [0.25, 0.3) is 11.8 Å². The van der Waals surface area contributed by atoms with E-state index in [2.05, 4.69) is 21.2 Å². The predicted octanol–water partition coefficient (Wildman–Crippen LogP) is 6.39. The minimum absolute atomic E-state index is 0.173. The monoisotopic (exact) mass is 527 g/mol. The third-order valence-electron chi connectivity index (χ3n) is 5.78. The van der Waals surface area contributed by atoms with Gasteiger partial charge in [0.15, 0.2) is 0 Å². The summed E-state index contributed by atoms with van der Waals surface area (Å²) >= 11 is 11.0. The van der Waals surface area contributed by atoms with Crippen LogP contribution in [0.1, 0.15) is 39.2 Å². The van der Waals surface area contributed by atoms with Crippen LogP contribution in [0.2, 0.25) is 5.02 Å². The van der Waals surface area contributed by atoms with Crippen LogP contribution in [0.3, 0.4) is 0 Å². The van der Waals surface area contributed by atoms with Gasteiger partial charge in [-0.2, -0.15) is 0 Å². The number of hydrogen-bond donors (Lipinski definition) is 1. The van der Waals surface area contributed by atoms with E-state index in [9.17, 15) is 9.59 Å². The van der Waals surface area contributed by atoms with Gasteiger partial charge < -0.3 is 10.2 Å². The molecule has 2 amide bonds. The summed E-state index contributed by atoms with van der Waals surface area (Å²) in [4.78, 5) is 33.9. The lowest BCUT2D eigenvalue weighted by atomic mass is 9.95. The predicted molar refractivity (Wildman–Crippen MR) is 134 cm³/mol. The number of nitrogens with zero attached hydrogens (tertiary/aromatic N) is 2. The molecule has 32 heavy (non-hydrogen) atoms. The van der Waals surface area contributed by atoms with E-state index >= 15 is 0 Å². The summed E-state index contributed by atoms with van der Waals surface area (Å²) in [7, 11) is 1.74. The zero-order valence-electron chi connectivity index (χ0n) is 17.2. The van der Waals surface area contributed by atoms with Gasteiger partial charge in [-0.3, -0.25) is 9.59 Å². The van der Waals surface area contributed by atoms with Crippen molar-refractivity contribution < 1.29 is 9.59 Å². The molecule has 5 nitrogen and oxygen atoms in total. The van der Waals surface area contributed by atoms with E-state index in [0.717, 1.165) is 47.0 Å². The number of anilines is 2. The number of nitrogens with one attached hydrogen (secondary N) is 1. The van der Waals surface area contributed by atoms with Crippen molar-refractivity contribution in [2.45, 2.75) is 25.7 Å². The largest absolute Gasteiger partial charge is 0.322 e. The van der Waals surface area contributed by atoms with E-state index in [1.807, 2.05) is 18.2 Å². The van der Waals surface area contributed by atoms with Crippen LogP contribution in [-0.2, 0) is 17.6 Å². The van der Waals surface area contributed by atoms with E-state index in [-0.39, 0.29) is 11.8 Å². The van der Waals surface area contributed by atoms with E-state index in [4.69, 9.17) is 16.6 Å². The fraction of sp³-hybridized carbons (Fsp3) is 0.208. The van der Waals surface area contributed by atoms with Crippen LogP contribution in [0.25, 0.3) is 0 Å². The summed E-state index contributed by atoms with van der Waals surface area (Å²) in [5.74, 6) is -0.382. The molecule has 0 saturated heterocycles. The van der Waals surface area contributed by atoms with Crippen LogP contribution in [0.15, 0.2) is 51.9 Å². The van der Waals surface area contributed by atoms with Crippen molar-refractivity contribution in [3.63, 3.8) is 0 Å². The number of amides is 2. The molecule has 3 aromatic rings. The molecular weight excluding hydrogens is 510 g/mol. The Morgan fingerprint density at radius 2 is 1.91 bits per heavy atom. The quantitative estimate of drug-likeness (QED) is 0.428. The zero-order valence-corrected chi connectivity index (χ0v) is 20.4. The number of carbonyl (C=O) groups excluding carboxylic acids is 2. The number of aliphatic imine (C=N–C) groups is 1. The van der Waals surface area contributed by atoms with Gasteiger partial charge in [-0.05, 0) is 73.7 Å². The Balaban J connectivity index is 1.60. The van der Waals surface area contributed by atoms with Gasteiger partial charge in [0.1, 0.15) is 10.7 Å². The number of fused-ring (bicyclic) bond motifs is 2. The second-order valence-corrected chi connectivity index (χ2v) is 10.3. The molecule has 0 radical (unpaired) electrons. The van der Waals surface area contributed by atoms with Crippen LogP contribution in [-0.4, -0.2) is 24.6 Å². The fourth-order valence-corrected chi connectivity index (χ4v) is 5.92. The van der Waals surface area contributed by atoms with Gasteiger partial charge in [-0.25, -0.2) is 4.99 Å². The maximum Gasteiger partial charge on any atom is 0.277 e. The van der Waals surface area contributed by atoms with Crippen LogP contribution in [0, 0.1) is 0 Å². The standard InChI is InChI=1S/C24H19BrClN3O2S/c1-29-18-11-6-13(25)12-17(18)21(24(29)31)28-23-20(16-4-2-3-5-19(16)32-23)22(30)27-15-9-7-14(26)8-10-15/h6-12H,2-5H2,1H3,(H,27,30). The maximum absolute atomic E-state index is 13.4. The second-order valence-electron chi connectivity index (χ2n) is 7.84. The van der Waals surface area contributed by atoms with Gasteiger partial charge in [0.05, 0.1) is 11.3 Å². The minimum Gasteiger partial charge on any atom is -0.322 e. The van der Waals surface area contributed by atoms with Crippen LogP contribution >= 0.6 is 38.9 Å². The number of halogens is 2. The lowest BCUT2D eigenvalue weighted by Crippen LogP contribution is -2.25. The van der Waals surface area contributed by atoms with Crippen molar-refractivity contribution in [2.75, 3.05) is 17.3 Å². The van der Waals surface area contributed by atoms with Gasteiger partial charge >= 0.3 is 0 Å². The first-order valence-corrected chi connectivity index (χ1v) is 12.3. The summed E-state index contributed by atoms with van der Waals surface area (Å²) in [6, 6.07) is 12.7. The van der Waals surface area contributed by atoms with Crippen molar-refractivity contribution in [3.8, 4) is 0 Å². The minimum atomic E-state index is -0.209. The van der Waals surface area contributed by atoms with E-state index in [1.165, 1.54) is 16.2 Å². The number of likely N-dealkylation sites (N-methyl/N-ethyl adjacent to an activating group) is 1. The number of aryl methyl sites for hydroxylation is 1. The molecule has 0 bridgehead atoms. The highest BCUT2D eigenvalue weighted by Gasteiger charge is 2.33. The first kappa shape index (κ1) is 21.4. The number of carbonyl (C=O) groups is 2. The average molecular weight is 529 g/mol. The Kier molecular flexibility index (Phi) is 5.65. The number of rotatable bonds is 3. The molecule has 8 heteroatoms. The summed E-state index contributed by atoms with van der Waals surface area (Å²) in [6.45, 7) is 0. The van der Waals surface area contributed by atoms with Crippen LogP contribution in [0.5, 0.6) is 0 Å². The molecule has 162 valence electrons. The van der Waals surface area contributed by atoms with E-state index < -0.39 is 0 Å². The number of thiophene rings is 1. The van der Waals surface area contributed by atoms with Crippen molar-refractivity contribution in [1.82, 2.24) is 0 Å². The molecule has 0 fully saturated rings. The molecule has 0 spiro atoms. The topological polar surface area (TPSA) is 61.8 Å². The van der Waals surface area contributed by atoms with Crippen LogP contribution < -0.4 is 10.2 Å². The van der Waals surface area contributed by atoms with E-state index in [0.29, 0.717) is 27.0 Å². The van der Waals surface area contributed by atoms with Gasteiger partial charge in [-0.1, -0.05) is 27.5 Å². The third kappa shape index (κ3) is 3.78. The highest BCUT2D eigenvalue weighted by atomic mass is 79.9. The van der Waals surface area contributed by atoms with Crippen molar-refractivity contribution >= 4 is 72.8 Å². The van der Waals surface area contributed by atoms with Crippen LogP contribution in [0.4, 0.5) is 16.4 Å². The first-order chi connectivity index (χ1) is 15.4. The molecular formula is C24H19BrClN3O2S. The lowest BCUT2D eigenvalue weighted by molar-refractivity contribution is -0.111. The van der Waals surface area contributed by atoms with Gasteiger partial charge in [-0.15, -0.1) is 11.3 Å². The fourth-order valence-electron chi connectivity index (χ4n) is 4.17. The molecule has 1 N–H and O–H groups in total. The van der Waals surface area contributed by atoms with E-state index in [1.54, 1.807) is 36.2 Å². The summed E-state index contributed by atoms with van der Waals surface area (Å²) < 4.78 is 0.873. The van der Waals surface area contributed by atoms with Gasteiger partial charge in [0, 0.05) is 32.7 Å². The average Bonchev–Trinajstić information content (AvgIpc) is 3.26. The molecule has 0 unspecified atom stereocenters. The molecule has 2 aromatic carbocycles. The Morgan fingerprint density at radius 3 is 2.69 bits per heavy atom. The molecule has 2 aliphatic rings. The number of benzene rings is 2. The Bertz CT molecular complexity index is 1280. The number of hydrogen-bond acceptors (Lipinski definition) is 4. The molecule has 0 saturated carbocycles. The molecule has 5 rings (SSSR count). The SMILES string of the molecule is CN1C(=O)C(=Nc2sc3c(c2C(=O)Nc2ccc(Cl)cc2)CCCC3)c2cc(Br)ccc21. The molecule has 0 atom stereocenters. The smallest absolute Gasteiger partial charge is 0.277 e. The molecule has 1 aromatic heterocycles. The molecule has 2 heterocycles.